The molecule has 0 aliphatic carbocycles. The molecule has 4 atom stereocenters. The monoisotopic (exact) mass is 766 g/mol. The molecule has 18 heteroatoms. The van der Waals surface area contributed by atoms with E-state index in [4.69, 9.17) is 25.9 Å². The van der Waals surface area contributed by atoms with Crippen LogP contribution >= 0.6 is 11.6 Å². The second-order valence-electron chi connectivity index (χ2n) is 13.0. The molecule has 0 saturated carbocycles. The molecule has 5 N–H and O–H groups in total. The number of benzene rings is 2. The number of oxazole rings is 1. The van der Waals surface area contributed by atoms with Crippen molar-refractivity contribution >= 4 is 60.3 Å². The standard InChI is InChI=1S/C33H43ClN6O9S2/c1-3-25(30(41)32-38-27-17-24(51(35,46)47)9-11-29(27)49-32)37-31(42)28-16-23(48-19-21-4-7-22(34)8-5-21)18-40(28)33(43)26(39-50(2,44)45)10-6-20-12-14-36-15-13-20/h4-5,7-9,11,17,20,23,25-26,28,36,39H,3,6,10,12-16,18-19H2,1-2H3,(H,37,42)(H2,35,46,47)/t23-,25+,26-,28+/m1/s1. The molecule has 2 aliphatic rings. The summed E-state index contributed by atoms with van der Waals surface area (Å²) in [5, 5.41) is 11.8. The first-order valence-corrected chi connectivity index (χ1v) is 20.6. The van der Waals surface area contributed by atoms with E-state index in [0.29, 0.717) is 17.4 Å². The van der Waals surface area contributed by atoms with Gasteiger partial charge in [0.25, 0.3) is 5.89 Å². The third kappa shape index (κ3) is 10.3. The lowest BCUT2D eigenvalue weighted by Crippen LogP contribution is -2.55. The van der Waals surface area contributed by atoms with Gasteiger partial charge in [-0.25, -0.2) is 31.7 Å². The average molecular weight is 767 g/mol. The van der Waals surface area contributed by atoms with Crippen LogP contribution in [0.3, 0.4) is 0 Å². The number of ketones is 1. The van der Waals surface area contributed by atoms with Gasteiger partial charge < -0.3 is 24.7 Å². The van der Waals surface area contributed by atoms with Crippen LogP contribution in [-0.2, 0) is 41.0 Å². The van der Waals surface area contributed by atoms with Gasteiger partial charge in [-0.15, -0.1) is 0 Å². The van der Waals surface area contributed by atoms with Crippen LogP contribution in [0, 0.1) is 5.92 Å². The summed E-state index contributed by atoms with van der Waals surface area (Å²) in [6.07, 6.45) is 3.33. The Morgan fingerprint density at radius 1 is 1.10 bits per heavy atom. The zero-order valence-corrected chi connectivity index (χ0v) is 30.7. The maximum atomic E-state index is 14.2. The first-order valence-electron chi connectivity index (χ1n) is 16.7. The summed E-state index contributed by atoms with van der Waals surface area (Å²) < 4.78 is 62.6. The van der Waals surface area contributed by atoms with Crippen LogP contribution in [0.4, 0.5) is 0 Å². The zero-order valence-electron chi connectivity index (χ0n) is 28.3. The Morgan fingerprint density at radius 2 is 1.80 bits per heavy atom. The molecule has 15 nitrogen and oxygen atoms in total. The number of hydrogen-bond donors (Lipinski definition) is 4. The van der Waals surface area contributed by atoms with Gasteiger partial charge in [0.05, 0.1) is 29.9 Å². The normalized spacial score (nSPS) is 20.0. The highest BCUT2D eigenvalue weighted by Gasteiger charge is 2.43. The number of nitrogens with zero attached hydrogens (tertiary/aromatic N) is 2. The lowest BCUT2D eigenvalue weighted by Gasteiger charge is -2.30. The van der Waals surface area contributed by atoms with Crippen LogP contribution in [0.25, 0.3) is 11.1 Å². The Balaban J connectivity index is 1.35. The maximum Gasteiger partial charge on any atom is 0.266 e. The second kappa shape index (κ2) is 16.5. The number of carbonyl (C=O) groups excluding carboxylic acids is 3. The number of Topliss-reactive ketones (excluding diaryl/α,β-unsaturated/α-hetero) is 1. The molecule has 2 saturated heterocycles. The van der Waals surface area contributed by atoms with E-state index in [1.807, 2.05) is 0 Å². The molecule has 0 bridgehead atoms. The van der Waals surface area contributed by atoms with Crippen molar-refractivity contribution in [3.63, 3.8) is 0 Å². The van der Waals surface area contributed by atoms with Crippen molar-refractivity contribution in [2.75, 3.05) is 25.9 Å². The lowest BCUT2D eigenvalue weighted by atomic mass is 9.91. The molecule has 51 heavy (non-hydrogen) atoms. The molecule has 0 spiro atoms. The number of nitrogens with two attached hydrogens (primary N) is 1. The number of amides is 2. The Labute approximate surface area is 302 Å². The summed E-state index contributed by atoms with van der Waals surface area (Å²) in [4.78, 5) is 46.9. The predicted octanol–water partition coefficient (Wildman–Crippen LogP) is 2.09. The van der Waals surface area contributed by atoms with Gasteiger partial charge in [0, 0.05) is 18.0 Å². The number of carbonyl (C=O) groups is 3. The molecule has 278 valence electrons. The topological polar surface area (TPSA) is 220 Å². The summed E-state index contributed by atoms with van der Waals surface area (Å²) in [7, 11) is -7.82. The molecule has 3 heterocycles. The molecule has 2 fully saturated rings. The van der Waals surface area contributed by atoms with Gasteiger partial charge in [-0.3, -0.25) is 14.4 Å². The lowest BCUT2D eigenvalue weighted by molar-refractivity contribution is -0.140. The smallest absolute Gasteiger partial charge is 0.266 e. The van der Waals surface area contributed by atoms with Gasteiger partial charge in [-0.2, -0.15) is 0 Å². The minimum absolute atomic E-state index is 0.0159. The number of hydrogen-bond acceptors (Lipinski definition) is 11. The number of aromatic nitrogens is 1. The first kappa shape index (κ1) is 38.8. The van der Waals surface area contributed by atoms with Gasteiger partial charge in [0.15, 0.2) is 5.58 Å². The van der Waals surface area contributed by atoms with Crippen LogP contribution in [0.2, 0.25) is 5.02 Å². The van der Waals surface area contributed by atoms with E-state index < -0.39 is 61.9 Å². The highest BCUT2D eigenvalue weighted by Crippen LogP contribution is 2.27. The van der Waals surface area contributed by atoms with Gasteiger partial charge in [-0.05, 0) is 87.0 Å². The number of nitrogens with one attached hydrogen (secondary N) is 3. The second-order valence-corrected chi connectivity index (χ2v) is 16.8. The molecule has 5 rings (SSSR count). The Hall–Kier alpha value is -3.45. The minimum atomic E-state index is -4.03. The number of likely N-dealkylation sites (tertiary alicyclic amines) is 1. The number of halogens is 1. The number of fused-ring (bicyclic) bond motifs is 1. The van der Waals surface area contributed by atoms with E-state index in [1.165, 1.54) is 23.1 Å². The minimum Gasteiger partial charge on any atom is -0.434 e. The SMILES string of the molecule is CC[C@H](NC(=O)[C@@H]1C[C@@H](OCc2ccc(Cl)cc2)CN1C(=O)[C@@H](CCC1CCNCC1)NS(C)(=O)=O)C(=O)c1nc2cc(S(N)(=O)=O)ccc2o1. The number of piperidine rings is 1. The fourth-order valence-corrected chi connectivity index (χ4v) is 7.82. The van der Waals surface area contributed by atoms with Crippen molar-refractivity contribution in [3.8, 4) is 0 Å². The first-order chi connectivity index (χ1) is 24.1. The molecule has 0 unspecified atom stereocenters. The summed E-state index contributed by atoms with van der Waals surface area (Å²) >= 11 is 6.01. The van der Waals surface area contributed by atoms with E-state index in [9.17, 15) is 31.2 Å². The molecular weight excluding hydrogens is 724 g/mol. The molecular formula is C33H43ClN6O9S2. The number of sulfonamides is 2. The molecule has 3 aromatic rings. The summed E-state index contributed by atoms with van der Waals surface area (Å²) in [6.45, 7) is 3.57. The van der Waals surface area contributed by atoms with Gasteiger partial charge in [0.1, 0.15) is 17.6 Å². The highest BCUT2D eigenvalue weighted by molar-refractivity contribution is 7.89. The van der Waals surface area contributed by atoms with E-state index in [-0.39, 0.29) is 54.3 Å². The largest absolute Gasteiger partial charge is 0.434 e. The van der Waals surface area contributed by atoms with Gasteiger partial charge in [0.2, 0.25) is 37.6 Å². The van der Waals surface area contributed by atoms with Crippen molar-refractivity contribution in [1.29, 1.82) is 0 Å². The van der Waals surface area contributed by atoms with Gasteiger partial charge >= 0.3 is 0 Å². The highest BCUT2D eigenvalue weighted by atomic mass is 35.5. The molecule has 2 aromatic carbocycles. The Bertz CT molecular complexity index is 1950. The Kier molecular flexibility index (Phi) is 12.5. The van der Waals surface area contributed by atoms with Crippen molar-refractivity contribution in [1.82, 2.24) is 25.2 Å². The Morgan fingerprint density at radius 3 is 2.45 bits per heavy atom. The summed E-state index contributed by atoms with van der Waals surface area (Å²) in [5.41, 5.74) is 1.07. The number of rotatable bonds is 15. The van der Waals surface area contributed by atoms with Crippen LogP contribution in [0.5, 0.6) is 0 Å². The van der Waals surface area contributed by atoms with Crippen molar-refractivity contribution in [3.05, 3.63) is 58.9 Å². The zero-order chi connectivity index (χ0) is 36.9. The number of primary sulfonamides is 1. The summed E-state index contributed by atoms with van der Waals surface area (Å²) in [6, 6.07) is 7.49. The van der Waals surface area contributed by atoms with Crippen molar-refractivity contribution in [2.24, 2.45) is 11.1 Å². The maximum absolute atomic E-state index is 14.2. The predicted molar refractivity (Wildman–Crippen MR) is 189 cm³/mol. The van der Waals surface area contributed by atoms with Crippen molar-refractivity contribution in [2.45, 2.75) is 81.2 Å². The van der Waals surface area contributed by atoms with Crippen molar-refractivity contribution < 1.29 is 40.4 Å². The molecule has 0 radical (unpaired) electrons. The molecule has 1 aromatic heterocycles. The van der Waals surface area contributed by atoms with E-state index >= 15 is 0 Å². The summed E-state index contributed by atoms with van der Waals surface area (Å²) in [5.74, 6) is -1.88. The fourth-order valence-electron chi connectivity index (χ4n) is 6.43. The van der Waals surface area contributed by atoms with Crippen LogP contribution in [0.1, 0.15) is 61.7 Å². The van der Waals surface area contributed by atoms with E-state index in [0.717, 1.165) is 37.8 Å². The number of ether oxygens (including phenoxy) is 1. The fraction of sp³-hybridized carbons (Fsp3) is 0.515. The van der Waals surface area contributed by atoms with E-state index in [2.05, 4.69) is 20.3 Å². The molecule has 2 amide bonds. The third-order valence-corrected chi connectivity index (χ3v) is 11.0. The van der Waals surface area contributed by atoms with E-state index in [1.54, 1.807) is 31.2 Å². The van der Waals surface area contributed by atoms with Gasteiger partial charge in [-0.1, -0.05) is 30.7 Å². The van der Waals surface area contributed by atoms with Crippen LogP contribution in [-0.4, -0.2) is 94.4 Å². The quantitative estimate of drug-likeness (QED) is 0.164. The average Bonchev–Trinajstić information content (AvgIpc) is 3.72. The van der Waals surface area contributed by atoms with Crippen LogP contribution in [0.15, 0.2) is 51.8 Å². The third-order valence-electron chi connectivity index (χ3n) is 9.16. The van der Waals surface area contributed by atoms with Crippen LogP contribution < -0.4 is 20.5 Å². The molecule has 2 aliphatic heterocycles.